The van der Waals surface area contributed by atoms with Crippen LogP contribution in [0.15, 0.2) is 21.7 Å². The van der Waals surface area contributed by atoms with Gasteiger partial charge in [-0.15, -0.1) is 11.3 Å². The molecule has 0 unspecified atom stereocenters. The summed E-state index contributed by atoms with van der Waals surface area (Å²) in [6, 6.07) is 3.40. The maximum absolute atomic E-state index is 11.9. The molecule has 120 valence electrons. The zero-order chi connectivity index (χ0) is 15.1. The highest BCUT2D eigenvalue weighted by atomic mass is 32.2. The number of nitrogens with zero attached hydrogens (tertiary/aromatic N) is 2. The number of sulfonamides is 1. The van der Waals surface area contributed by atoms with Gasteiger partial charge in [0.05, 0.1) is 0 Å². The maximum atomic E-state index is 11.9. The summed E-state index contributed by atoms with van der Waals surface area (Å²) >= 11 is 1.26. The molecule has 0 atom stereocenters. The summed E-state index contributed by atoms with van der Waals surface area (Å²) in [5, 5.41) is 1.78. The SMILES string of the molecule is CN1CCN(CCCCCNS(=O)(=O)c2cccs2)CC1. The van der Waals surface area contributed by atoms with E-state index in [0.29, 0.717) is 10.8 Å². The zero-order valence-electron chi connectivity index (χ0n) is 12.6. The van der Waals surface area contributed by atoms with Gasteiger partial charge in [-0.25, -0.2) is 13.1 Å². The third-order valence-electron chi connectivity index (χ3n) is 3.80. The Bertz CT molecular complexity index is 494. The highest BCUT2D eigenvalue weighted by Crippen LogP contribution is 2.15. The maximum Gasteiger partial charge on any atom is 0.250 e. The van der Waals surface area contributed by atoms with Gasteiger partial charge in [0.2, 0.25) is 10.0 Å². The first kappa shape index (κ1) is 16.9. The second kappa shape index (κ2) is 8.24. The van der Waals surface area contributed by atoms with Crippen molar-refractivity contribution in [2.75, 3.05) is 46.3 Å². The zero-order valence-corrected chi connectivity index (χ0v) is 14.3. The molecule has 2 heterocycles. The Kier molecular flexibility index (Phi) is 6.63. The minimum atomic E-state index is -3.28. The summed E-state index contributed by atoms with van der Waals surface area (Å²) in [6.07, 6.45) is 3.11. The molecule has 1 aliphatic rings. The Balaban J connectivity index is 1.54. The molecule has 2 rings (SSSR count). The van der Waals surface area contributed by atoms with Crippen LogP contribution in [0.2, 0.25) is 0 Å². The van der Waals surface area contributed by atoms with E-state index in [2.05, 4.69) is 21.6 Å². The number of thiophene rings is 1. The molecule has 0 amide bonds. The van der Waals surface area contributed by atoms with E-state index >= 15 is 0 Å². The van der Waals surface area contributed by atoms with Crippen LogP contribution in [0.4, 0.5) is 0 Å². The van der Waals surface area contributed by atoms with Crippen LogP contribution in [0, 0.1) is 0 Å². The molecule has 0 bridgehead atoms. The molecule has 0 aliphatic carbocycles. The Labute approximate surface area is 132 Å². The molecule has 1 aromatic rings. The molecule has 0 spiro atoms. The summed E-state index contributed by atoms with van der Waals surface area (Å²) in [5.41, 5.74) is 0. The van der Waals surface area contributed by atoms with Gasteiger partial charge in [-0.3, -0.25) is 0 Å². The summed E-state index contributed by atoms with van der Waals surface area (Å²) in [7, 11) is -1.11. The molecule has 1 fully saturated rings. The normalized spacial score (nSPS) is 18.1. The molecule has 1 aliphatic heterocycles. The molecule has 1 N–H and O–H groups in total. The van der Waals surface area contributed by atoms with Gasteiger partial charge in [0, 0.05) is 32.7 Å². The van der Waals surface area contributed by atoms with Gasteiger partial charge in [-0.2, -0.15) is 0 Å². The minimum Gasteiger partial charge on any atom is -0.304 e. The summed E-state index contributed by atoms with van der Waals surface area (Å²) in [6.45, 7) is 6.28. The fraction of sp³-hybridized carbons (Fsp3) is 0.714. The van der Waals surface area contributed by atoms with Crippen molar-refractivity contribution in [2.45, 2.75) is 23.5 Å². The first-order valence-corrected chi connectivity index (χ1v) is 9.88. The predicted octanol–water partition coefficient (Wildman–Crippen LogP) is 1.44. The standard InChI is InChI=1S/C14H25N3O2S2/c1-16-9-11-17(12-10-16)8-4-2-3-7-15-21(18,19)14-6-5-13-20-14/h5-6,13,15H,2-4,7-12H2,1H3. The van der Waals surface area contributed by atoms with Crippen LogP contribution in [0.1, 0.15) is 19.3 Å². The van der Waals surface area contributed by atoms with Crippen molar-refractivity contribution < 1.29 is 8.42 Å². The van der Waals surface area contributed by atoms with Crippen molar-refractivity contribution in [3.8, 4) is 0 Å². The van der Waals surface area contributed by atoms with E-state index in [0.717, 1.165) is 52.0 Å². The molecular weight excluding hydrogens is 306 g/mol. The molecule has 1 saturated heterocycles. The molecule has 0 radical (unpaired) electrons. The molecule has 7 heteroatoms. The fourth-order valence-electron chi connectivity index (χ4n) is 2.40. The summed E-state index contributed by atoms with van der Waals surface area (Å²) < 4.78 is 26.9. The van der Waals surface area contributed by atoms with Crippen LogP contribution in [0.5, 0.6) is 0 Å². The number of unbranched alkanes of at least 4 members (excludes halogenated alkanes) is 2. The van der Waals surface area contributed by atoms with Gasteiger partial charge >= 0.3 is 0 Å². The lowest BCUT2D eigenvalue weighted by Gasteiger charge is -2.32. The second-order valence-corrected chi connectivity index (χ2v) is 8.48. The van der Waals surface area contributed by atoms with Crippen molar-refractivity contribution in [2.24, 2.45) is 0 Å². The molecular formula is C14H25N3O2S2. The first-order chi connectivity index (χ1) is 10.1. The fourth-order valence-corrected chi connectivity index (χ4v) is 4.51. The van der Waals surface area contributed by atoms with Crippen LogP contribution in [-0.2, 0) is 10.0 Å². The van der Waals surface area contributed by atoms with Gasteiger partial charge in [0.15, 0.2) is 0 Å². The van der Waals surface area contributed by atoms with Crippen LogP contribution >= 0.6 is 11.3 Å². The Hall–Kier alpha value is -0.470. The lowest BCUT2D eigenvalue weighted by molar-refractivity contribution is 0.152. The van der Waals surface area contributed by atoms with Gasteiger partial charge < -0.3 is 9.80 Å². The molecule has 0 aromatic carbocycles. The summed E-state index contributed by atoms with van der Waals surface area (Å²) in [4.78, 5) is 4.85. The number of hydrogen-bond acceptors (Lipinski definition) is 5. The van der Waals surface area contributed by atoms with E-state index in [1.165, 1.54) is 11.3 Å². The number of nitrogens with one attached hydrogen (secondary N) is 1. The largest absolute Gasteiger partial charge is 0.304 e. The molecule has 5 nitrogen and oxygen atoms in total. The lowest BCUT2D eigenvalue weighted by atomic mass is 10.2. The van der Waals surface area contributed by atoms with Gasteiger partial charge in [0.1, 0.15) is 4.21 Å². The van der Waals surface area contributed by atoms with Crippen LogP contribution < -0.4 is 4.72 Å². The highest BCUT2D eigenvalue weighted by molar-refractivity contribution is 7.91. The third-order valence-corrected chi connectivity index (χ3v) is 6.66. The topological polar surface area (TPSA) is 52.6 Å². The van der Waals surface area contributed by atoms with E-state index in [9.17, 15) is 8.42 Å². The number of hydrogen-bond donors (Lipinski definition) is 1. The molecule has 21 heavy (non-hydrogen) atoms. The van der Waals surface area contributed by atoms with Gasteiger partial charge in [0.25, 0.3) is 0 Å². The van der Waals surface area contributed by atoms with Crippen molar-refractivity contribution in [1.29, 1.82) is 0 Å². The van der Waals surface area contributed by atoms with Crippen molar-refractivity contribution >= 4 is 21.4 Å². The Morgan fingerprint density at radius 3 is 2.62 bits per heavy atom. The van der Waals surface area contributed by atoms with Crippen LogP contribution in [0.25, 0.3) is 0 Å². The van der Waals surface area contributed by atoms with E-state index in [1.54, 1.807) is 17.5 Å². The quantitative estimate of drug-likeness (QED) is 0.733. The molecule has 0 saturated carbocycles. The summed E-state index contributed by atoms with van der Waals surface area (Å²) in [5.74, 6) is 0. The average molecular weight is 332 g/mol. The van der Waals surface area contributed by atoms with Gasteiger partial charge in [-0.05, 0) is 37.9 Å². The van der Waals surface area contributed by atoms with E-state index in [1.807, 2.05) is 0 Å². The third kappa shape index (κ3) is 5.67. The van der Waals surface area contributed by atoms with E-state index in [-0.39, 0.29) is 0 Å². The lowest BCUT2D eigenvalue weighted by Crippen LogP contribution is -2.44. The number of piperazine rings is 1. The number of rotatable bonds is 8. The second-order valence-electron chi connectivity index (χ2n) is 5.54. The predicted molar refractivity (Wildman–Crippen MR) is 87.3 cm³/mol. The van der Waals surface area contributed by atoms with Crippen LogP contribution in [-0.4, -0.2) is 64.5 Å². The van der Waals surface area contributed by atoms with Gasteiger partial charge in [-0.1, -0.05) is 12.5 Å². The van der Waals surface area contributed by atoms with E-state index < -0.39 is 10.0 Å². The van der Waals surface area contributed by atoms with Crippen molar-refractivity contribution in [1.82, 2.24) is 14.5 Å². The molecule has 1 aromatic heterocycles. The Morgan fingerprint density at radius 2 is 1.95 bits per heavy atom. The smallest absolute Gasteiger partial charge is 0.250 e. The van der Waals surface area contributed by atoms with Crippen molar-refractivity contribution in [3.05, 3.63) is 17.5 Å². The monoisotopic (exact) mass is 331 g/mol. The van der Waals surface area contributed by atoms with Crippen molar-refractivity contribution in [3.63, 3.8) is 0 Å². The average Bonchev–Trinajstić information content (AvgIpc) is 2.99. The first-order valence-electron chi connectivity index (χ1n) is 7.52. The minimum absolute atomic E-state index is 0.403. The highest BCUT2D eigenvalue weighted by Gasteiger charge is 2.14. The van der Waals surface area contributed by atoms with E-state index in [4.69, 9.17) is 0 Å². The Morgan fingerprint density at radius 1 is 1.19 bits per heavy atom. The van der Waals surface area contributed by atoms with Crippen LogP contribution in [0.3, 0.4) is 0 Å². The number of likely N-dealkylation sites (N-methyl/N-ethyl adjacent to an activating group) is 1.